The molecule has 12 heavy (non-hydrogen) atoms. The van der Waals surface area contributed by atoms with Crippen LogP contribution in [0.1, 0.15) is 10.5 Å². The average Bonchev–Trinajstić information content (AvgIpc) is 2.04. The number of pyridine rings is 1. The van der Waals surface area contributed by atoms with E-state index in [0.717, 1.165) is 0 Å². The van der Waals surface area contributed by atoms with Crippen LogP contribution in [-0.2, 0) is 0 Å². The molecule has 3 N–H and O–H groups in total. The summed E-state index contributed by atoms with van der Waals surface area (Å²) in [4.78, 5) is 14.8. The Bertz CT molecular complexity index is 298. The number of anilines is 1. The van der Waals surface area contributed by atoms with Crippen molar-refractivity contribution in [3.05, 3.63) is 24.0 Å². The monoisotopic (exact) mass is 167 g/mol. The number of hydroxylamine groups is 2. The van der Waals surface area contributed by atoms with E-state index in [1.807, 2.05) is 0 Å². The lowest BCUT2D eigenvalue weighted by Crippen LogP contribution is -2.24. The molecule has 0 saturated carbocycles. The smallest absolute Gasteiger partial charge is 0.297 e. The minimum absolute atomic E-state index is 0.0579. The summed E-state index contributed by atoms with van der Waals surface area (Å²) >= 11 is 0. The maximum atomic E-state index is 11.1. The molecule has 0 aliphatic carbocycles. The van der Waals surface area contributed by atoms with Crippen LogP contribution in [0.3, 0.4) is 0 Å². The molecular formula is C7H9N3O2. The first-order chi connectivity index (χ1) is 5.63. The fourth-order valence-electron chi connectivity index (χ4n) is 0.750. The molecule has 64 valence electrons. The van der Waals surface area contributed by atoms with Crippen LogP contribution in [-0.4, -0.2) is 28.2 Å². The molecule has 0 fully saturated rings. The SMILES string of the molecule is CN(O)C(=O)c1ncccc1N. The Morgan fingerprint density at radius 1 is 1.75 bits per heavy atom. The van der Waals surface area contributed by atoms with E-state index in [-0.39, 0.29) is 11.4 Å². The molecule has 0 bridgehead atoms. The Balaban J connectivity index is 3.03. The molecule has 5 heteroatoms. The highest BCUT2D eigenvalue weighted by atomic mass is 16.5. The van der Waals surface area contributed by atoms with Crippen molar-refractivity contribution in [1.82, 2.24) is 10.0 Å². The highest BCUT2D eigenvalue weighted by molar-refractivity contribution is 5.96. The number of rotatable bonds is 1. The van der Waals surface area contributed by atoms with E-state index in [1.54, 1.807) is 12.1 Å². The van der Waals surface area contributed by atoms with Crippen LogP contribution in [0.4, 0.5) is 5.69 Å². The first kappa shape index (κ1) is 8.48. The summed E-state index contributed by atoms with van der Waals surface area (Å²) in [5, 5.41) is 9.23. The molecule has 5 nitrogen and oxygen atoms in total. The number of aromatic nitrogens is 1. The van der Waals surface area contributed by atoms with Gasteiger partial charge in [0.2, 0.25) is 0 Å². The summed E-state index contributed by atoms with van der Waals surface area (Å²) in [7, 11) is 1.22. The molecule has 1 aromatic rings. The summed E-state index contributed by atoms with van der Waals surface area (Å²) in [6.07, 6.45) is 1.44. The summed E-state index contributed by atoms with van der Waals surface area (Å²) in [5.41, 5.74) is 5.75. The van der Waals surface area contributed by atoms with Gasteiger partial charge in [0.05, 0.1) is 5.69 Å². The third-order valence-corrected chi connectivity index (χ3v) is 1.34. The van der Waals surface area contributed by atoms with Crippen molar-refractivity contribution in [3.8, 4) is 0 Å². The lowest BCUT2D eigenvalue weighted by molar-refractivity contribution is -0.0378. The Hall–Kier alpha value is -1.62. The highest BCUT2D eigenvalue weighted by Gasteiger charge is 2.13. The standard InChI is InChI=1S/C7H9N3O2/c1-10(12)7(11)6-5(8)3-2-4-9-6/h2-4,12H,8H2,1H3. The van der Waals surface area contributed by atoms with Gasteiger partial charge in [0, 0.05) is 13.2 Å². The maximum absolute atomic E-state index is 11.1. The van der Waals surface area contributed by atoms with E-state index in [2.05, 4.69) is 4.98 Å². The number of nitrogens with zero attached hydrogens (tertiary/aromatic N) is 2. The van der Waals surface area contributed by atoms with Crippen molar-refractivity contribution < 1.29 is 10.0 Å². The zero-order valence-electron chi connectivity index (χ0n) is 6.56. The largest absolute Gasteiger partial charge is 0.397 e. The van der Waals surface area contributed by atoms with Gasteiger partial charge < -0.3 is 5.73 Å². The van der Waals surface area contributed by atoms with Gasteiger partial charge in [0.15, 0.2) is 5.69 Å². The molecule has 1 amide bonds. The molecule has 0 radical (unpaired) electrons. The van der Waals surface area contributed by atoms with Crippen molar-refractivity contribution in [2.45, 2.75) is 0 Å². The topological polar surface area (TPSA) is 79.5 Å². The third-order valence-electron chi connectivity index (χ3n) is 1.34. The van der Waals surface area contributed by atoms with Gasteiger partial charge in [-0.1, -0.05) is 0 Å². The Morgan fingerprint density at radius 2 is 2.42 bits per heavy atom. The molecule has 0 spiro atoms. The van der Waals surface area contributed by atoms with Crippen molar-refractivity contribution in [3.63, 3.8) is 0 Å². The van der Waals surface area contributed by atoms with Crippen LogP contribution >= 0.6 is 0 Å². The predicted octanol–water partition coefficient (Wildman–Crippen LogP) is 0.125. The Labute approximate surface area is 69.4 Å². The van der Waals surface area contributed by atoms with Crippen LogP contribution in [0.5, 0.6) is 0 Å². The zero-order valence-corrected chi connectivity index (χ0v) is 6.56. The summed E-state index contributed by atoms with van der Waals surface area (Å²) < 4.78 is 0. The van der Waals surface area contributed by atoms with Crippen molar-refractivity contribution >= 4 is 11.6 Å². The number of nitrogen functional groups attached to an aromatic ring is 1. The van der Waals surface area contributed by atoms with E-state index in [0.29, 0.717) is 5.06 Å². The van der Waals surface area contributed by atoms with Gasteiger partial charge in [-0.2, -0.15) is 0 Å². The number of nitrogens with two attached hydrogens (primary N) is 1. The van der Waals surface area contributed by atoms with Gasteiger partial charge in [-0.3, -0.25) is 10.0 Å². The molecule has 0 aliphatic heterocycles. The molecule has 0 saturated heterocycles. The van der Waals surface area contributed by atoms with Crippen LogP contribution in [0.2, 0.25) is 0 Å². The van der Waals surface area contributed by atoms with Gasteiger partial charge in [0.1, 0.15) is 0 Å². The zero-order chi connectivity index (χ0) is 9.14. The predicted molar refractivity (Wildman–Crippen MR) is 42.5 cm³/mol. The number of hydrogen-bond acceptors (Lipinski definition) is 4. The van der Waals surface area contributed by atoms with Crippen molar-refractivity contribution in [1.29, 1.82) is 0 Å². The van der Waals surface area contributed by atoms with Gasteiger partial charge in [0.25, 0.3) is 5.91 Å². The fourth-order valence-corrected chi connectivity index (χ4v) is 0.750. The van der Waals surface area contributed by atoms with E-state index in [1.165, 1.54) is 13.2 Å². The minimum atomic E-state index is -0.617. The first-order valence-corrected chi connectivity index (χ1v) is 3.30. The lowest BCUT2D eigenvalue weighted by atomic mass is 10.3. The second-order valence-corrected chi connectivity index (χ2v) is 2.27. The lowest BCUT2D eigenvalue weighted by Gasteiger charge is -2.08. The second kappa shape index (κ2) is 3.19. The molecule has 1 aromatic heterocycles. The summed E-state index contributed by atoms with van der Waals surface area (Å²) in [5.74, 6) is -0.617. The molecule has 0 unspecified atom stereocenters. The van der Waals surface area contributed by atoms with E-state index in [9.17, 15) is 4.79 Å². The van der Waals surface area contributed by atoms with Crippen LogP contribution in [0.15, 0.2) is 18.3 Å². The normalized spacial score (nSPS) is 9.50. The van der Waals surface area contributed by atoms with E-state index in [4.69, 9.17) is 10.9 Å². The van der Waals surface area contributed by atoms with Crippen LogP contribution in [0.25, 0.3) is 0 Å². The van der Waals surface area contributed by atoms with Gasteiger partial charge >= 0.3 is 0 Å². The van der Waals surface area contributed by atoms with Gasteiger partial charge in [-0.05, 0) is 12.1 Å². The average molecular weight is 167 g/mol. The molecule has 1 heterocycles. The fraction of sp³-hybridized carbons (Fsp3) is 0.143. The number of carbonyl (C=O) groups is 1. The quantitative estimate of drug-likeness (QED) is 0.460. The molecule has 0 aromatic carbocycles. The Kier molecular flexibility index (Phi) is 2.25. The molecule has 0 aliphatic rings. The van der Waals surface area contributed by atoms with Crippen molar-refractivity contribution in [2.75, 3.05) is 12.8 Å². The Morgan fingerprint density at radius 3 is 2.92 bits per heavy atom. The first-order valence-electron chi connectivity index (χ1n) is 3.30. The summed E-state index contributed by atoms with van der Waals surface area (Å²) in [6, 6.07) is 3.16. The molecule has 0 atom stereocenters. The van der Waals surface area contributed by atoms with Gasteiger partial charge in [-0.25, -0.2) is 10.0 Å². The van der Waals surface area contributed by atoms with Crippen LogP contribution in [0, 0.1) is 0 Å². The van der Waals surface area contributed by atoms with E-state index < -0.39 is 5.91 Å². The second-order valence-electron chi connectivity index (χ2n) is 2.27. The minimum Gasteiger partial charge on any atom is -0.397 e. The number of hydrogen-bond donors (Lipinski definition) is 2. The molecule has 1 rings (SSSR count). The number of carbonyl (C=O) groups excluding carboxylic acids is 1. The van der Waals surface area contributed by atoms with Crippen LogP contribution < -0.4 is 5.73 Å². The highest BCUT2D eigenvalue weighted by Crippen LogP contribution is 2.07. The summed E-state index contributed by atoms with van der Waals surface area (Å²) in [6.45, 7) is 0. The van der Waals surface area contributed by atoms with Gasteiger partial charge in [-0.15, -0.1) is 0 Å². The molecular weight excluding hydrogens is 158 g/mol. The van der Waals surface area contributed by atoms with Crippen molar-refractivity contribution in [2.24, 2.45) is 0 Å². The van der Waals surface area contributed by atoms with E-state index >= 15 is 0 Å². The third kappa shape index (κ3) is 1.51. The maximum Gasteiger partial charge on any atom is 0.297 e. The number of amides is 1.